The molecule has 0 spiro atoms. The van der Waals surface area contributed by atoms with Crippen molar-refractivity contribution < 1.29 is 14.7 Å². The second kappa shape index (κ2) is 7.76. The minimum Gasteiger partial charge on any atom is -0.481 e. The van der Waals surface area contributed by atoms with Gasteiger partial charge < -0.3 is 20.3 Å². The number of carbonyl (C=O) groups is 2. The van der Waals surface area contributed by atoms with Crippen molar-refractivity contribution in [1.82, 2.24) is 4.57 Å². The van der Waals surface area contributed by atoms with Gasteiger partial charge in [-0.15, -0.1) is 0 Å². The number of hydrogen-bond acceptors (Lipinski definition) is 2. The van der Waals surface area contributed by atoms with Gasteiger partial charge in [0.1, 0.15) is 0 Å². The monoisotopic (exact) mass is 377 g/mol. The summed E-state index contributed by atoms with van der Waals surface area (Å²) in [5.74, 6) is -0.790. The first-order valence-corrected chi connectivity index (χ1v) is 9.60. The topological polar surface area (TPSA) is 83.4 Å². The lowest BCUT2D eigenvalue weighted by atomic mass is 9.95. The predicted octanol–water partition coefficient (Wildman–Crippen LogP) is 4.64. The molecule has 2 amide bonds. The van der Waals surface area contributed by atoms with E-state index < -0.39 is 5.97 Å². The molecule has 4 rings (SSSR count). The molecule has 0 saturated carbocycles. The molecule has 1 aliphatic carbocycles. The molecular weight excluding hydrogens is 354 g/mol. The third-order valence-electron chi connectivity index (χ3n) is 5.22. The molecule has 1 heterocycles. The van der Waals surface area contributed by atoms with Crippen LogP contribution in [0.15, 0.2) is 48.5 Å². The third-order valence-corrected chi connectivity index (χ3v) is 5.22. The number of aromatic nitrogens is 1. The highest BCUT2D eigenvalue weighted by Crippen LogP contribution is 2.34. The number of rotatable bonds is 5. The number of aliphatic carboxylic acids is 1. The van der Waals surface area contributed by atoms with Crippen molar-refractivity contribution in [3.05, 3.63) is 59.8 Å². The summed E-state index contributed by atoms with van der Waals surface area (Å²) in [5.41, 5.74) is 5.04. The minimum atomic E-state index is -0.790. The van der Waals surface area contributed by atoms with Crippen LogP contribution in [-0.2, 0) is 24.2 Å². The zero-order valence-electron chi connectivity index (χ0n) is 15.6. The van der Waals surface area contributed by atoms with E-state index in [1.807, 2.05) is 48.5 Å². The lowest BCUT2D eigenvalue weighted by molar-refractivity contribution is -0.137. The predicted molar refractivity (Wildman–Crippen MR) is 110 cm³/mol. The highest BCUT2D eigenvalue weighted by atomic mass is 16.4. The summed E-state index contributed by atoms with van der Waals surface area (Å²) >= 11 is 0. The van der Waals surface area contributed by atoms with Gasteiger partial charge in [0.05, 0.1) is 6.42 Å². The van der Waals surface area contributed by atoms with Gasteiger partial charge in [-0.3, -0.25) is 4.79 Å². The van der Waals surface area contributed by atoms with E-state index in [0.29, 0.717) is 6.54 Å². The van der Waals surface area contributed by atoms with Gasteiger partial charge in [-0.25, -0.2) is 4.79 Å². The summed E-state index contributed by atoms with van der Waals surface area (Å²) in [6.07, 6.45) is 4.33. The van der Waals surface area contributed by atoms with E-state index in [1.165, 1.54) is 11.3 Å². The maximum atomic E-state index is 12.3. The number of para-hydroxylation sites is 1. The summed E-state index contributed by atoms with van der Waals surface area (Å²) < 4.78 is 2.14. The second-order valence-electron chi connectivity index (χ2n) is 7.10. The molecule has 1 aromatic heterocycles. The number of carboxylic acid groups (broad SMARTS) is 1. The van der Waals surface area contributed by atoms with Gasteiger partial charge in [0.15, 0.2) is 0 Å². The first-order valence-electron chi connectivity index (χ1n) is 9.60. The molecule has 28 heavy (non-hydrogen) atoms. The molecule has 1 aliphatic rings. The van der Waals surface area contributed by atoms with Crippen LogP contribution in [0.25, 0.3) is 10.9 Å². The number of fused-ring (bicyclic) bond motifs is 3. The Balaban J connectivity index is 1.61. The summed E-state index contributed by atoms with van der Waals surface area (Å²) in [6, 6.07) is 14.9. The Hall–Kier alpha value is -3.28. The fourth-order valence-electron chi connectivity index (χ4n) is 3.99. The fourth-order valence-corrected chi connectivity index (χ4v) is 3.99. The van der Waals surface area contributed by atoms with Gasteiger partial charge in [0, 0.05) is 34.5 Å². The van der Waals surface area contributed by atoms with E-state index in [9.17, 15) is 9.59 Å². The van der Waals surface area contributed by atoms with Gasteiger partial charge in [0.25, 0.3) is 0 Å². The van der Waals surface area contributed by atoms with Crippen molar-refractivity contribution in [3.63, 3.8) is 0 Å². The van der Waals surface area contributed by atoms with Gasteiger partial charge in [-0.05, 0) is 61.6 Å². The van der Waals surface area contributed by atoms with Crippen LogP contribution >= 0.6 is 0 Å². The summed E-state index contributed by atoms with van der Waals surface area (Å²) in [6.45, 7) is 0.475. The smallest absolute Gasteiger partial charge is 0.323 e. The number of urea groups is 1. The normalized spacial score (nSPS) is 13.1. The van der Waals surface area contributed by atoms with E-state index in [0.717, 1.165) is 48.0 Å². The molecule has 0 unspecified atom stereocenters. The van der Waals surface area contributed by atoms with Crippen LogP contribution in [0.4, 0.5) is 16.2 Å². The van der Waals surface area contributed by atoms with Gasteiger partial charge in [-0.2, -0.15) is 0 Å². The van der Waals surface area contributed by atoms with Crippen molar-refractivity contribution in [1.29, 1.82) is 0 Å². The molecule has 0 aliphatic heterocycles. The van der Waals surface area contributed by atoms with E-state index in [2.05, 4.69) is 15.2 Å². The van der Waals surface area contributed by atoms with E-state index >= 15 is 0 Å². The SMILES string of the molecule is O=C(O)CCn1c2c(c3cc(NC(=O)Nc4ccccc4)ccc31)CCCC2. The van der Waals surface area contributed by atoms with Crippen LogP contribution in [0.2, 0.25) is 0 Å². The van der Waals surface area contributed by atoms with Gasteiger partial charge in [-0.1, -0.05) is 18.2 Å². The molecule has 6 nitrogen and oxygen atoms in total. The molecule has 2 aromatic carbocycles. The Kier molecular flexibility index (Phi) is 5.02. The Bertz CT molecular complexity index is 1020. The average molecular weight is 377 g/mol. The number of nitrogens with one attached hydrogen (secondary N) is 2. The molecular formula is C22H23N3O3. The van der Waals surface area contributed by atoms with Crippen LogP contribution in [0.5, 0.6) is 0 Å². The van der Waals surface area contributed by atoms with E-state index in [1.54, 1.807) is 0 Å². The van der Waals surface area contributed by atoms with Crippen molar-refractivity contribution in [2.75, 3.05) is 10.6 Å². The molecule has 0 radical (unpaired) electrons. The van der Waals surface area contributed by atoms with Crippen LogP contribution in [-0.4, -0.2) is 21.7 Å². The molecule has 0 saturated heterocycles. The van der Waals surface area contributed by atoms with Crippen LogP contribution in [0, 0.1) is 0 Å². The Labute approximate surface area is 163 Å². The Morgan fingerprint density at radius 3 is 2.50 bits per heavy atom. The molecule has 0 fully saturated rings. The molecule has 6 heteroatoms. The number of nitrogens with zero attached hydrogens (tertiary/aromatic N) is 1. The zero-order chi connectivity index (χ0) is 19.5. The highest BCUT2D eigenvalue weighted by molar-refractivity contribution is 6.01. The molecule has 0 atom stereocenters. The van der Waals surface area contributed by atoms with Crippen LogP contribution in [0.1, 0.15) is 30.5 Å². The Morgan fingerprint density at radius 1 is 0.964 bits per heavy atom. The number of aryl methyl sites for hydroxylation is 2. The molecule has 3 N–H and O–H groups in total. The van der Waals surface area contributed by atoms with Crippen molar-refractivity contribution in [3.8, 4) is 0 Å². The zero-order valence-corrected chi connectivity index (χ0v) is 15.6. The standard InChI is InChI=1S/C22H23N3O3/c26-21(27)12-13-25-19-9-5-4-8-17(19)18-14-16(10-11-20(18)25)24-22(28)23-15-6-2-1-3-7-15/h1-3,6-7,10-11,14H,4-5,8-9,12-13H2,(H,26,27)(H2,23,24,28). The number of carboxylic acids is 1. The van der Waals surface area contributed by atoms with Crippen molar-refractivity contribution >= 4 is 34.3 Å². The molecule has 3 aromatic rings. The number of anilines is 2. The molecule has 0 bridgehead atoms. The first kappa shape index (κ1) is 18.1. The van der Waals surface area contributed by atoms with Gasteiger partial charge >= 0.3 is 12.0 Å². The number of amides is 2. The van der Waals surface area contributed by atoms with E-state index in [4.69, 9.17) is 5.11 Å². The lowest BCUT2D eigenvalue weighted by Gasteiger charge is -2.15. The maximum Gasteiger partial charge on any atom is 0.323 e. The number of hydrogen-bond donors (Lipinski definition) is 3. The van der Waals surface area contributed by atoms with Crippen LogP contribution in [0.3, 0.4) is 0 Å². The third kappa shape index (κ3) is 3.71. The lowest BCUT2D eigenvalue weighted by Crippen LogP contribution is -2.19. The summed E-state index contributed by atoms with van der Waals surface area (Å²) in [4.78, 5) is 23.4. The largest absolute Gasteiger partial charge is 0.481 e. The van der Waals surface area contributed by atoms with Crippen molar-refractivity contribution in [2.24, 2.45) is 0 Å². The van der Waals surface area contributed by atoms with Crippen LogP contribution < -0.4 is 10.6 Å². The van der Waals surface area contributed by atoms with Gasteiger partial charge in [0.2, 0.25) is 0 Å². The first-order chi connectivity index (χ1) is 13.6. The fraction of sp³-hybridized carbons (Fsp3) is 0.273. The minimum absolute atomic E-state index is 0.107. The maximum absolute atomic E-state index is 12.3. The summed E-state index contributed by atoms with van der Waals surface area (Å²) in [5, 5.41) is 15.9. The number of carbonyl (C=O) groups excluding carboxylic acids is 1. The molecule has 144 valence electrons. The number of benzene rings is 2. The van der Waals surface area contributed by atoms with E-state index in [-0.39, 0.29) is 12.5 Å². The quantitative estimate of drug-likeness (QED) is 0.606. The van der Waals surface area contributed by atoms with Crippen molar-refractivity contribution in [2.45, 2.75) is 38.6 Å². The summed E-state index contributed by atoms with van der Waals surface area (Å²) in [7, 11) is 0. The highest BCUT2D eigenvalue weighted by Gasteiger charge is 2.20. The Morgan fingerprint density at radius 2 is 1.71 bits per heavy atom. The second-order valence-corrected chi connectivity index (χ2v) is 7.10. The average Bonchev–Trinajstić information content (AvgIpc) is 3.00.